The number of rotatable bonds is 2. The Balaban J connectivity index is 2.22. The van der Waals surface area contributed by atoms with Gasteiger partial charge in [0.05, 0.1) is 11.3 Å². The maximum Gasteiger partial charge on any atom is 0.260 e. The molecule has 0 radical (unpaired) electrons. The van der Waals surface area contributed by atoms with Crippen molar-refractivity contribution in [2.24, 2.45) is 0 Å². The second-order valence-corrected chi connectivity index (χ2v) is 4.23. The summed E-state index contributed by atoms with van der Waals surface area (Å²) in [5, 5.41) is 4.51. The number of aromatic nitrogens is 1. The highest BCUT2D eigenvalue weighted by Gasteiger charge is 2.14. The van der Waals surface area contributed by atoms with Gasteiger partial charge in [0.25, 0.3) is 5.91 Å². The zero-order valence-electron chi connectivity index (χ0n) is 8.83. The number of hydrogen-bond donors (Lipinski definition) is 1. The van der Waals surface area contributed by atoms with E-state index in [1.54, 1.807) is 12.3 Å². The number of aryl methyl sites for hydroxylation is 1. The molecule has 0 bridgehead atoms. The smallest absolute Gasteiger partial charge is 0.260 e. The van der Waals surface area contributed by atoms with Crippen molar-refractivity contribution in [3.05, 3.63) is 46.5 Å². The van der Waals surface area contributed by atoms with Gasteiger partial charge < -0.3 is 0 Å². The van der Waals surface area contributed by atoms with Gasteiger partial charge in [0.15, 0.2) is 5.13 Å². The van der Waals surface area contributed by atoms with Gasteiger partial charge in [0.1, 0.15) is 11.6 Å². The van der Waals surface area contributed by atoms with Crippen molar-refractivity contribution in [3.8, 4) is 0 Å². The first-order chi connectivity index (χ1) is 8.06. The maximum atomic E-state index is 13.3. The standard InChI is InChI=1S/C11H8F2N2OS/c1-6-5-17-11(14-6)15-10(16)8-4-7(12)2-3-9(8)13/h2-5H,1H3,(H,14,15,16). The van der Waals surface area contributed by atoms with Crippen LogP contribution in [0.1, 0.15) is 16.1 Å². The maximum absolute atomic E-state index is 13.3. The van der Waals surface area contributed by atoms with E-state index in [1.807, 2.05) is 0 Å². The van der Waals surface area contributed by atoms with Crippen LogP contribution in [0, 0.1) is 18.6 Å². The van der Waals surface area contributed by atoms with Gasteiger partial charge in [-0.05, 0) is 25.1 Å². The number of amides is 1. The Hall–Kier alpha value is -1.82. The molecule has 0 aliphatic carbocycles. The van der Waals surface area contributed by atoms with Crippen molar-refractivity contribution in [2.75, 3.05) is 5.32 Å². The van der Waals surface area contributed by atoms with Gasteiger partial charge >= 0.3 is 0 Å². The molecular weight excluding hydrogens is 246 g/mol. The molecule has 0 spiro atoms. The molecule has 1 aromatic heterocycles. The van der Waals surface area contributed by atoms with Crippen LogP contribution >= 0.6 is 11.3 Å². The average molecular weight is 254 g/mol. The summed E-state index contributed by atoms with van der Waals surface area (Å²) in [4.78, 5) is 15.6. The van der Waals surface area contributed by atoms with E-state index in [9.17, 15) is 13.6 Å². The van der Waals surface area contributed by atoms with Crippen LogP contribution in [0.4, 0.5) is 13.9 Å². The number of carbonyl (C=O) groups excluding carboxylic acids is 1. The quantitative estimate of drug-likeness (QED) is 0.895. The van der Waals surface area contributed by atoms with Gasteiger partial charge in [-0.2, -0.15) is 0 Å². The lowest BCUT2D eigenvalue weighted by Crippen LogP contribution is -2.13. The lowest BCUT2D eigenvalue weighted by atomic mass is 10.2. The number of halogens is 2. The Bertz CT molecular complexity index is 568. The first kappa shape index (κ1) is 11.7. The third-order valence-corrected chi connectivity index (χ3v) is 2.89. The number of carbonyl (C=O) groups is 1. The van der Waals surface area contributed by atoms with Crippen molar-refractivity contribution >= 4 is 22.4 Å². The molecule has 17 heavy (non-hydrogen) atoms. The number of hydrogen-bond acceptors (Lipinski definition) is 3. The fourth-order valence-corrected chi connectivity index (χ4v) is 1.93. The average Bonchev–Trinajstić information content (AvgIpc) is 2.67. The summed E-state index contributed by atoms with van der Waals surface area (Å²) in [7, 11) is 0. The third-order valence-electron chi connectivity index (χ3n) is 2.01. The molecule has 1 N–H and O–H groups in total. The van der Waals surface area contributed by atoms with Gasteiger partial charge in [0.2, 0.25) is 0 Å². The third kappa shape index (κ3) is 2.65. The molecule has 1 aromatic carbocycles. The predicted molar refractivity (Wildman–Crippen MR) is 61.2 cm³/mol. The molecule has 1 heterocycles. The molecule has 2 aromatic rings. The first-order valence-corrected chi connectivity index (χ1v) is 5.63. The summed E-state index contributed by atoms with van der Waals surface area (Å²) in [5.74, 6) is -2.14. The van der Waals surface area contributed by atoms with Crippen LogP contribution in [-0.4, -0.2) is 10.9 Å². The topological polar surface area (TPSA) is 42.0 Å². The van der Waals surface area contributed by atoms with Gasteiger partial charge in [-0.3, -0.25) is 10.1 Å². The van der Waals surface area contributed by atoms with E-state index in [1.165, 1.54) is 11.3 Å². The number of benzene rings is 1. The number of nitrogens with zero attached hydrogens (tertiary/aromatic N) is 1. The summed E-state index contributed by atoms with van der Waals surface area (Å²) in [6.45, 7) is 1.77. The Labute approximate surface area is 100 Å². The highest BCUT2D eigenvalue weighted by atomic mass is 32.1. The summed E-state index contributed by atoms with van der Waals surface area (Å²) >= 11 is 1.22. The van der Waals surface area contributed by atoms with E-state index in [2.05, 4.69) is 10.3 Å². The highest BCUT2D eigenvalue weighted by molar-refractivity contribution is 7.13. The van der Waals surface area contributed by atoms with E-state index in [0.29, 0.717) is 5.13 Å². The molecule has 88 valence electrons. The van der Waals surface area contributed by atoms with E-state index in [-0.39, 0.29) is 5.56 Å². The molecule has 0 aliphatic rings. The summed E-state index contributed by atoms with van der Waals surface area (Å²) in [5.41, 5.74) is 0.419. The van der Waals surface area contributed by atoms with Crippen LogP contribution in [-0.2, 0) is 0 Å². The fraction of sp³-hybridized carbons (Fsp3) is 0.0909. The largest absolute Gasteiger partial charge is 0.298 e. The second-order valence-electron chi connectivity index (χ2n) is 3.37. The molecule has 0 atom stereocenters. The Kier molecular flexibility index (Phi) is 3.14. The van der Waals surface area contributed by atoms with Crippen molar-refractivity contribution in [1.29, 1.82) is 0 Å². The van der Waals surface area contributed by atoms with Crippen molar-refractivity contribution < 1.29 is 13.6 Å². The molecule has 0 aliphatic heterocycles. The van der Waals surface area contributed by atoms with E-state index in [4.69, 9.17) is 0 Å². The minimum absolute atomic E-state index is 0.335. The molecule has 1 amide bonds. The Morgan fingerprint density at radius 2 is 2.18 bits per heavy atom. The minimum atomic E-state index is -0.767. The molecule has 0 fully saturated rings. The molecule has 0 saturated carbocycles. The zero-order valence-corrected chi connectivity index (χ0v) is 9.65. The lowest BCUT2D eigenvalue weighted by Gasteiger charge is -2.02. The normalized spacial score (nSPS) is 10.3. The summed E-state index contributed by atoms with van der Waals surface area (Å²) in [6.07, 6.45) is 0. The van der Waals surface area contributed by atoms with Gasteiger partial charge in [-0.15, -0.1) is 11.3 Å². The van der Waals surface area contributed by atoms with Crippen molar-refractivity contribution in [3.63, 3.8) is 0 Å². The Morgan fingerprint density at radius 3 is 2.82 bits per heavy atom. The monoisotopic (exact) mass is 254 g/mol. The number of thiazole rings is 1. The van der Waals surface area contributed by atoms with E-state index >= 15 is 0 Å². The number of nitrogens with one attached hydrogen (secondary N) is 1. The van der Waals surface area contributed by atoms with Gasteiger partial charge in [0, 0.05) is 5.38 Å². The molecule has 2 rings (SSSR count). The summed E-state index contributed by atoms with van der Waals surface area (Å²) < 4.78 is 26.2. The molecule has 6 heteroatoms. The second kappa shape index (κ2) is 4.58. The highest BCUT2D eigenvalue weighted by Crippen LogP contribution is 2.17. The fourth-order valence-electron chi connectivity index (χ4n) is 1.25. The van der Waals surface area contributed by atoms with Crippen molar-refractivity contribution in [1.82, 2.24) is 4.98 Å². The van der Waals surface area contributed by atoms with Gasteiger partial charge in [-0.25, -0.2) is 13.8 Å². The van der Waals surface area contributed by atoms with Gasteiger partial charge in [-0.1, -0.05) is 0 Å². The van der Waals surface area contributed by atoms with Crippen molar-refractivity contribution in [2.45, 2.75) is 6.92 Å². The van der Waals surface area contributed by atoms with Crippen LogP contribution in [0.15, 0.2) is 23.6 Å². The Morgan fingerprint density at radius 1 is 1.41 bits per heavy atom. The molecule has 0 unspecified atom stereocenters. The lowest BCUT2D eigenvalue weighted by molar-refractivity contribution is 0.102. The predicted octanol–water partition coefficient (Wildman–Crippen LogP) is 2.98. The SMILES string of the molecule is Cc1csc(NC(=O)c2cc(F)ccc2F)n1. The van der Waals surface area contributed by atoms with Crippen LogP contribution in [0.25, 0.3) is 0 Å². The van der Waals surface area contributed by atoms with E-state index < -0.39 is 17.5 Å². The van der Waals surface area contributed by atoms with Crippen LogP contribution in [0.5, 0.6) is 0 Å². The minimum Gasteiger partial charge on any atom is -0.298 e. The zero-order chi connectivity index (χ0) is 12.4. The number of anilines is 1. The first-order valence-electron chi connectivity index (χ1n) is 4.75. The summed E-state index contributed by atoms with van der Waals surface area (Å²) in [6, 6.07) is 2.72. The molecule has 0 saturated heterocycles. The van der Waals surface area contributed by atoms with Crippen LogP contribution in [0.3, 0.4) is 0 Å². The van der Waals surface area contributed by atoms with E-state index in [0.717, 1.165) is 23.9 Å². The molecular formula is C11H8F2N2OS. The molecule has 3 nitrogen and oxygen atoms in total. The van der Waals surface area contributed by atoms with Crippen LogP contribution < -0.4 is 5.32 Å². The van der Waals surface area contributed by atoms with Crippen LogP contribution in [0.2, 0.25) is 0 Å².